The fraction of sp³-hybridized carbons (Fsp3) is 0.667. The molecule has 0 amide bonds. The van der Waals surface area contributed by atoms with E-state index in [9.17, 15) is 4.79 Å². The molecule has 2 rings (SSSR count). The van der Waals surface area contributed by atoms with E-state index in [4.69, 9.17) is 9.15 Å². The number of oxazole rings is 1. The normalized spacial score (nSPS) is 17.3. The molecule has 0 saturated heterocycles. The van der Waals surface area contributed by atoms with Crippen molar-refractivity contribution in [2.24, 2.45) is 5.92 Å². The van der Waals surface area contributed by atoms with Gasteiger partial charge in [-0.1, -0.05) is 6.42 Å². The van der Waals surface area contributed by atoms with Gasteiger partial charge in [0.15, 0.2) is 5.69 Å². The van der Waals surface area contributed by atoms with Crippen molar-refractivity contribution in [3.8, 4) is 0 Å². The monoisotopic (exact) mass is 238 g/mol. The van der Waals surface area contributed by atoms with Crippen molar-refractivity contribution >= 4 is 12.0 Å². The average molecular weight is 238 g/mol. The largest absolute Gasteiger partial charge is 0.461 e. The maximum absolute atomic E-state index is 11.4. The first-order chi connectivity index (χ1) is 8.20. The summed E-state index contributed by atoms with van der Waals surface area (Å²) in [6.45, 7) is 4.21. The van der Waals surface area contributed by atoms with Gasteiger partial charge in [-0.25, -0.2) is 4.79 Å². The molecule has 1 unspecified atom stereocenters. The summed E-state index contributed by atoms with van der Waals surface area (Å²) in [5.74, 6) is 0.244. The van der Waals surface area contributed by atoms with Crippen LogP contribution in [0.15, 0.2) is 10.7 Å². The fourth-order valence-electron chi connectivity index (χ4n) is 1.89. The highest BCUT2D eigenvalue weighted by Gasteiger charge is 2.25. The SMILES string of the molecule is CCOC(=O)c1coc(NC(C)C2CCC2)n1. The van der Waals surface area contributed by atoms with Crippen LogP contribution in [0.1, 0.15) is 43.6 Å². The molecule has 0 radical (unpaired) electrons. The lowest BCUT2D eigenvalue weighted by atomic mass is 9.80. The van der Waals surface area contributed by atoms with Gasteiger partial charge in [0.2, 0.25) is 0 Å². The zero-order valence-corrected chi connectivity index (χ0v) is 10.2. The number of carbonyl (C=O) groups is 1. The van der Waals surface area contributed by atoms with Gasteiger partial charge < -0.3 is 14.5 Å². The van der Waals surface area contributed by atoms with E-state index in [-0.39, 0.29) is 5.69 Å². The number of carbonyl (C=O) groups excluding carboxylic acids is 1. The molecule has 1 aliphatic rings. The highest BCUT2D eigenvalue weighted by molar-refractivity contribution is 5.87. The van der Waals surface area contributed by atoms with E-state index >= 15 is 0 Å². The van der Waals surface area contributed by atoms with Gasteiger partial charge in [0.1, 0.15) is 6.26 Å². The molecule has 94 valence electrons. The number of ether oxygens (including phenoxy) is 1. The van der Waals surface area contributed by atoms with Gasteiger partial charge in [0.05, 0.1) is 6.61 Å². The molecule has 1 aromatic heterocycles. The Bertz CT molecular complexity index is 385. The third-order valence-corrected chi connectivity index (χ3v) is 3.20. The van der Waals surface area contributed by atoms with E-state index in [0.29, 0.717) is 24.6 Å². The average Bonchev–Trinajstić information content (AvgIpc) is 2.63. The van der Waals surface area contributed by atoms with Crippen LogP contribution in [0.2, 0.25) is 0 Å². The molecule has 5 heteroatoms. The summed E-state index contributed by atoms with van der Waals surface area (Å²) in [6, 6.07) is 0.727. The summed E-state index contributed by atoms with van der Waals surface area (Å²) >= 11 is 0. The van der Waals surface area contributed by atoms with Gasteiger partial charge in [0.25, 0.3) is 6.01 Å². The Morgan fingerprint density at radius 1 is 1.71 bits per heavy atom. The summed E-state index contributed by atoms with van der Waals surface area (Å²) in [7, 11) is 0. The lowest BCUT2D eigenvalue weighted by Gasteiger charge is -2.31. The quantitative estimate of drug-likeness (QED) is 0.798. The predicted octanol–water partition coefficient (Wildman–Crippen LogP) is 2.45. The molecule has 1 N–H and O–H groups in total. The Hall–Kier alpha value is -1.52. The van der Waals surface area contributed by atoms with Crippen LogP contribution in [0.25, 0.3) is 0 Å². The maximum atomic E-state index is 11.4. The Labute approximate surface area is 101 Å². The van der Waals surface area contributed by atoms with Crippen molar-refractivity contribution in [2.45, 2.75) is 39.2 Å². The molecular formula is C12H18N2O3. The zero-order chi connectivity index (χ0) is 12.3. The first kappa shape index (κ1) is 12.0. The van der Waals surface area contributed by atoms with Gasteiger partial charge in [-0.3, -0.25) is 0 Å². The van der Waals surface area contributed by atoms with Crippen LogP contribution in [0.5, 0.6) is 0 Å². The lowest BCUT2D eigenvalue weighted by molar-refractivity contribution is 0.0519. The second-order valence-electron chi connectivity index (χ2n) is 4.38. The van der Waals surface area contributed by atoms with Crippen LogP contribution in [-0.4, -0.2) is 23.6 Å². The molecule has 1 saturated carbocycles. The number of aromatic nitrogens is 1. The van der Waals surface area contributed by atoms with Gasteiger partial charge >= 0.3 is 5.97 Å². The summed E-state index contributed by atoms with van der Waals surface area (Å²) in [4.78, 5) is 15.4. The Kier molecular flexibility index (Phi) is 3.66. The summed E-state index contributed by atoms with van der Waals surface area (Å²) in [6.07, 6.45) is 5.13. The van der Waals surface area contributed by atoms with Crippen molar-refractivity contribution in [1.82, 2.24) is 4.98 Å². The van der Waals surface area contributed by atoms with E-state index < -0.39 is 5.97 Å². The predicted molar refractivity (Wildman–Crippen MR) is 62.9 cm³/mol. The topological polar surface area (TPSA) is 64.4 Å². The van der Waals surface area contributed by atoms with E-state index in [1.54, 1.807) is 6.92 Å². The van der Waals surface area contributed by atoms with Crippen LogP contribution >= 0.6 is 0 Å². The Morgan fingerprint density at radius 3 is 3.06 bits per heavy atom. The zero-order valence-electron chi connectivity index (χ0n) is 10.2. The van der Waals surface area contributed by atoms with Gasteiger partial charge in [-0.15, -0.1) is 0 Å². The second kappa shape index (κ2) is 5.21. The minimum Gasteiger partial charge on any atom is -0.461 e. The van der Waals surface area contributed by atoms with Crippen LogP contribution in [0.3, 0.4) is 0 Å². The van der Waals surface area contributed by atoms with E-state index in [1.807, 2.05) is 0 Å². The highest BCUT2D eigenvalue weighted by atomic mass is 16.5. The number of anilines is 1. The van der Waals surface area contributed by atoms with Gasteiger partial charge in [-0.2, -0.15) is 4.98 Å². The van der Waals surface area contributed by atoms with Crippen molar-refractivity contribution in [3.05, 3.63) is 12.0 Å². The fourth-order valence-corrected chi connectivity index (χ4v) is 1.89. The number of esters is 1. The molecule has 1 atom stereocenters. The van der Waals surface area contributed by atoms with Crippen LogP contribution in [0, 0.1) is 5.92 Å². The minimum atomic E-state index is -0.444. The molecule has 17 heavy (non-hydrogen) atoms. The minimum absolute atomic E-state index is 0.218. The molecule has 0 aliphatic heterocycles. The van der Waals surface area contributed by atoms with E-state index in [2.05, 4.69) is 17.2 Å². The van der Waals surface area contributed by atoms with E-state index in [1.165, 1.54) is 25.5 Å². The Balaban J connectivity index is 1.91. The van der Waals surface area contributed by atoms with Crippen molar-refractivity contribution in [2.75, 3.05) is 11.9 Å². The van der Waals surface area contributed by atoms with Gasteiger partial charge in [-0.05, 0) is 32.6 Å². The number of nitrogens with one attached hydrogen (secondary N) is 1. The molecular weight excluding hydrogens is 220 g/mol. The number of nitrogens with zero attached hydrogens (tertiary/aromatic N) is 1. The molecule has 0 spiro atoms. The standard InChI is InChI=1S/C12H18N2O3/c1-3-16-11(15)10-7-17-12(14-10)13-8(2)9-5-4-6-9/h7-9H,3-6H2,1-2H3,(H,13,14). The molecule has 1 heterocycles. The van der Waals surface area contributed by atoms with Gasteiger partial charge in [0, 0.05) is 6.04 Å². The molecule has 1 aromatic rings. The molecule has 1 aliphatic carbocycles. The first-order valence-corrected chi connectivity index (χ1v) is 6.10. The highest BCUT2D eigenvalue weighted by Crippen LogP contribution is 2.30. The third kappa shape index (κ3) is 2.78. The van der Waals surface area contributed by atoms with Crippen molar-refractivity contribution < 1.29 is 13.9 Å². The second-order valence-corrected chi connectivity index (χ2v) is 4.38. The maximum Gasteiger partial charge on any atom is 0.360 e. The molecule has 1 fully saturated rings. The number of hydrogen-bond donors (Lipinski definition) is 1. The summed E-state index contributed by atoms with van der Waals surface area (Å²) in [5.41, 5.74) is 0.218. The smallest absolute Gasteiger partial charge is 0.360 e. The molecule has 0 bridgehead atoms. The summed E-state index contributed by atoms with van der Waals surface area (Å²) in [5, 5.41) is 3.18. The Morgan fingerprint density at radius 2 is 2.47 bits per heavy atom. The summed E-state index contributed by atoms with van der Waals surface area (Å²) < 4.78 is 10.0. The van der Waals surface area contributed by atoms with Crippen LogP contribution in [0.4, 0.5) is 6.01 Å². The van der Waals surface area contributed by atoms with E-state index in [0.717, 1.165) is 0 Å². The third-order valence-electron chi connectivity index (χ3n) is 3.20. The number of rotatable bonds is 5. The van der Waals surface area contributed by atoms with Crippen LogP contribution < -0.4 is 5.32 Å². The molecule has 0 aromatic carbocycles. The molecule has 5 nitrogen and oxygen atoms in total. The van der Waals surface area contributed by atoms with Crippen LogP contribution in [-0.2, 0) is 4.74 Å². The lowest BCUT2D eigenvalue weighted by Crippen LogP contribution is -2.30. The number of hydrogen-bond acceptors (Lipinski definition) is 5. The first-order valence-electron chi connectivity index (χ1n) is 6.10. The van der Waals surface area contributed by atoms with Crippen molar-refractivity contribution in [3.63, 3.8) is 0 Å². The van der Waals surface area contributed by atoms with Crippen molar-refractivity contribution in [1.29, 1.82) is 0 Å².